The van der Waals surface area contributed by atoms with E-state index in [9.17, 15) is 4.79 Å². The Bertz CT molecular complexity index is 575. The van der Waals surface area contributed by atoms with E-state index in [1.165, 1.54) is 0 Å². The number of urea groups is 1. The Balaban J connectivity index is 1.77. The van der Waals surface area contributed by atoms with E-state index >= 15 is 0 Å². The molecule has 2 rings (SSSR count). The molecule has 0 atom stereocenters. The van der Waals surface area contributed by atoms with Gasteiger partial charge in [0.1, 0.15) is 0 Å². The second-order valence-electron chi connectivity index (χ2n) is 4.33. The molecule has 0 unspecified atom stereocenters. The number of carbonyl (C=O) groups is 1. The third-order valence-electron chi connectivity index (χ3n) is 2.75. The minimum Gasteiger partial charge on any atom is -0.478 e. The number of hydrogen-bond donors (Lipinski definition) is 2. The van der Waals surface area contributed by atoms with E-state index in [0.717, 1.165) is 11.1 Å². The molecule has 0 spiro atoms. The number of nitrogens with zero attached hydrogens (tertiary/aromatic N) is 2. The SMILES string of the molecule is CCOc1cc(CNC(=O)NCc2ccncc2)ccn1. The van der Waals surface area contributed by atoms with Crippen LogP contribution in [0, 0.1) is 0 Å². The number of amides is 2. The van der Waals surface area contributed by atoms with E-state index < -0.39 is 0 Å². The molecule has 2 aromatic heterocycles. The van der Waals surface area contributed by atoms with Crippen molar-refractivity contribution in [1.82, 2.24) is 20.6 Å². The van der Waals surface area contributed by atoms with Gasteiger partial charge in [0.25, 0.3) is 0 Å². The predicted molar refractivity (Wildman–Crippen MR) is 78.7 cm³/mol. The van der Waals surface area contributed by atoms with Crippen LogP contribution in [0.1, 0.15) is 18.1 Å². The first-order chi connectivity index (χ1) is 10.3. The lowest BCUT2D eigenvalue weighted by molar-refractivity contribution is 0.240. The van der Waals surface area contributed by atoms with Crippen LogP contribution in [0.4, 0.5) is 4.79 Å². The molecule has 0 saturated carbocycles. The summed E-state index contributed by atoms with van der Waals surface area (Å²) in [6, 6.07) is 7.15. The summed E-state index contributed by atoms with van der Waals surface area (Å²) in [5.74, 6) is 0.564. The van der Waals surface area contributed by atoms with Crippen molar-refractivity contribution >= 4 is 6.03 Å². The molecular formula is C15H18N4O2. The third-order valence-corrected chi connectivity index (χ3v) is 2.75. The van der Waals surface area contributed by atoms with E-state index in [0.29, 0.717) is 25.6 Å². The lowest BCUT2D eigenvalue weighted by Crippen LogP contribution is -2.34. The number of carbonyl (C=O) groups excluding carboxylic acids is 1. The van der Waals surface area contributed by atoms with Gasteiger partial charge < -0.3 is 15.4 Å². The molecule has 0 aliphatic rings. The topological polar surface area (TPSA) is 76.1 Å². The van der Waals surface area contributed by atoms with Crippen LogP contribution in [0.3, 0.4) is 0 Å². The van der Waals surface area contributed by atoms with E-state index in [-0.39, 0.29) is 6.03 Å². The van der Waals surface area contributed by atoms with Crippen LogP contribution in [0.25, 0.3) is 0 Å². The Morgan fingerprint density at radius 1 is 1.10 bits per heavy atom. The Morgan fingerprint density at radius 3 is 2.48 bits per heavy atom. The average molecular weight is 286 g/mol. The molecule has 2 heterocycles. The van der Waals surface area contributed by atoms with Crippen molar-refractivity contribution < 1.29 is 9.53 Å². The Hall–Kier alpha value is -2.63. The van der Waals surface area contributed by atoms with Crippen molar-refractivity contribution in [2.75, 3.05) is 6.61 Å². The molecule has 6 heteroatoms. The first-order valence-electron chi connectivity index (χ1n) is 6.76. The van der Waals surface area contributed by atoms with Crippen LogP contribution < -0.4 is 15.4 Å². The maximum Gasteiger partial charge on any atom is 0.315 e. The lowest BCUT2D eigenvalue weighted by atomic mass is 10.2. The molecule has 0 fully saturated rings. The number of aromatic nitrogens is 2. The minimum absolute atomic E-state index is 0.221. The molecule has 2 amide bonds. The summed E-state index contributed by atoms with van der Waals surface area (Å²) in [7, 11) is 0. The van der Waals surface area contributed by atoms with Gasteiger partial charge in [-0.25, -0.2) is 9.78 Å². The summed E-state index contributed by atoms with van der Waals surface area (Å²) in [5, 5.41) is 5.57. The lowest BCUT2D eigenvalue weighted by Gasteiger charge is -2.08. The summed E-state index contributed by atoms with van der Waals surface area (Å²) < 4.78 is 5.31. The van der Waals surface area contributed by atoms with Crippen molar-refractivity contribution in [3.05, 3.63) is 54.0 Å². The van der Waals surface area contributed by atoms with E-state index in [1.807, 2.05) is 31.2 Å². The Morgan fingerprint density at radius 2 is 1.76 bits per heavy atom. The van der Waals surface area contributed by atoms with Crippen LogP contribution in [-0.2, 0) is 13.1 Å². The number of nitrogens with one attached hydrogen (secondary N) is 2. The van der Waals surface area contributed by atoms with Gasteiger partial charge in [0.15, 0.2) is 0 Å². The maximum atomic E-state index is 11.7. The highest BCUT2D eigenvalue weighted by Gasteiger charge is 2.02. The fourth-order valence-corrected chi connectivity index (χ4v) is 1.72. The molecule has 0 aliphatic heterocycles. The van der Waals surface area contributed by atoms with Crippen LogP contribution in [0.2, 0.25) is 0 Å². The molecule has 2 aromatic rings. The van der Waals surface area contributed by atoms with Gasteiger partial charge in [-0.15, -0.1) is 0 Å². The first-order valence-corrected chi connectivity index (χ1v) is 6.76. The standard InChI is InChI=1S/C15H18N4O2/c1-2-21-14-9-13(5-8-17-14)11-19-15(20)18-10-12-3-6-16-7-4-12/h3-9H,2,10-11H2,1H3,(H2,18,19,20). The summed E-state index contributed by atoms with van der Waals surface area (Å²) in [4.78, 5) is 19.7. The molecule has 0 aromatic carbocycles. The maximum absolute atomic E-state index is 11.7. The zero-order chi connectivity index (χ0) is 14.9. The Labute approximate surface area is 123 Å². The summed E-state index contributed by atoms with van der Waals surface area (Å²) in [5.41, 5.74) is 1.94. The second-order valence-corrected chi connectivity index (χ2v) is 4.33. The largest absolute Gasteiger partial charge is 0.478 e. The molecule has 0 aliphatic carbocycles. The first kappa shape index (κ1) is 14.8. The molecular weight excluding hydrogens is 268 g/mol. The van der Waals surface area contributed by atoms with Gasteiger partial charge in [0, 0.05) is 37.7 Å². The molecule has 2 N–H and O–H groups in total. The zero-order valence-electron chi connectivity index (χ0n) is 11.9. The number of pyridine rings is 2. The number of hydrogen-bond acceptors (Lipinski definition) is 4. The fourth-order valence-electron chi connectivity index (χ4n) is 1.72. The molecule has 110 valence electrons. The summed E-state index contributed by atoms with van der Waals surface area (Å²) in [6.07, 6.45) is 5.05. The van der Waals surface area contributed by atoms with Gasteiger partial charge >= 0.3 is 6.03 Å². The van der Waals surface area contributed by atoms with Crippen molar-refractivity contribution in [3.63, 3.8) is 0 Å². The van der Waals surface area contributed by atoms with Crippen LogP contribution >= 0.6 is 0 Å². The van der Waals surface area contributed by atoms with Crippen molar-refractivity contribution in [2.24, 2.45) is 0 Å². The molecule has 0 bridgehead atoms. The molecule has 6 nitrogen and oxygen atoms in total. The van der Waals surface area contributed by atoms with Gasteiger partial charge in [0.2, 0.25) is 5.88 Å². The molecule has 0 radical (unpaired) electrons. The van der Waals surface area contributed by atoms with E-state index in [1.54, 1.807) is 18.6 Å². The number of rotatable bonds is 6. The summed E-state index contributed by atoms with van der Waals surface area (Å²) in [6.45, 7) is 3.36. The van der Waals surface area contributed by atoms with E-state index in [4.69, 9.17) is 4.74 Å². The van der Waals surface area contributed by atoms with Gasteiger partial charge in [-0.1, -0.05) is 0 Å². The molecule has 21 heavy (non-hydrogen) atoms. The average Bonchev–Trinajstić information content (AvgIpc) is 2.53. The summed E-state index contributed by atoms with van der Waals surface area (Å²) >= 11 is 0. The fraction of sp³-hybridized carbons (Fsp3) is 0.267. The zero-order valence-corrected chi connectivity index (χ0v) is 11.9. The van der Waals surface area contributed by atoms with Crippen molar-refractivity contribution in [1.29, 1.82) is 0 Å². The smallest absolute Gasteiger partial charge is 0.315 e. The monoisotopic (exact) mass is 286 g/mol. The number of ether oxygens (including phenoxy) is 1. The van der Waals surface area contributed by atoms with Crippen molar-refractivity contribution in [3.8, 4) is 5.88 Å². The van der Waals surface area contributed by atoms with Crippen LogP contribution in [0.5, 0.6) is 5.88 Å². The highest BCUT2D eigenvalue weighted by atomic mass is 16.5. The van der Waals surface area contributed by atoms with Gasteiger partial charge in [-0.3, -0.25) is 4.98 Å². The Kier molecular flexibility index (Phi) is 5.51. The van der Waals surface area contributed by atoms with Crippen LogP contribution in [-0.4, -0.2) is 22.6 Å². The van der Waals surface area contributed by atoms with Crippen LogP contribution in [0.15, 0.2) is 42.9 Å². The highest BCUT2D eigenvalue weighted by molar-refractivity contribution is 5.73. The highest BCUT2D eigenvalue weighted by Crippen LogP contribution is 2.08. The van der Waals surface area contributed by atoms with E-state index in [2.05, 4.69) is 20.6 Å². The third kappa shape index (κ3) is 5.10. The quantitative estimate of drug-likeness (QED) is 0.850. The van der Waals surface area contributed by atoms with Crippen molar-refractivity contribution in [2.45, 2.75) is 20.0 Å². The van der Waals surface area contributed by atoms with Gasteiger partial charge in [0.05, 0.1) is 6.61 Å². The molecule has 0 saturated heterocycles. The normalized spacial score (nSPS) is 9.95. The van der Waals surface area contributed by atoms with Gasteiger partial charge in [-0.05, 0) is 36.2 Å². The minimum atomic E-state index is -0.221. The predicted octanol–water partition coefficient (Wildman–Crippen LogP) is 1.87. The van der Waals surface area contributed by atoms with Gasteiger partial charge in [-0.2, -0.15) is 0 Å². The second kappa shape index (κ2) is 7.84.